The highest BCUT2D eigenvalue weighted by atomic mass is 16.5. The second kappa shape index (κ2) is 4.94. The topological polar surface area (TPSA) is 54.5 Å². The van der Waals surface area contributed by atoms with Crippen molar-refractivity contribution in [2.75, 3.05) is 31.6 Å². The second-order valence-corrected chi connectivity index (χ2v) is 4.76. The highest BCUT2D eigenvalue weighted by Crippen LogP contribution is 2.24. The van der Waals surface area contributed by atoms with Gasteiger partial charge in [0.2, 0.25) is 0 Å². The minimum atomic E-state index is -0.00345. The molecule has 1 aliphatic carbocycles. The number of hydrogen-bond donors (Lipinski definition) is 1. The van der Waals surface area contributed by atoms with Crippen LogP contribution in [0.15, 0.2) is 18.3 Å². The van der Waals surface area contributed by atoms with Crippen molar-refractivity contribution in [2.45, 2.75) is 18.9 Å². The van der Waals surface area contributed by atoms with Gasteiger partial charge in [-0.05, 0) is 25.0 Å². The molecule has 0 aromatic carbocycles. The SMILES string of the molecule is O=C(c1ccc(NC2CC2)cn1)N1CCOCC1. The number of rotatable bonds is 3. The van der Waals surface area contributed by atoms with Crippen molar-refractivity contribution in [1.82, 2.24) is 9.88 Å². The fraction of sp³-hybridized carbons (Fsp3) is 0.538. The molecule has 5 nitrogen and oxygen atoms in total. The molecule has 0 bridgehead atoms. The summed E-state index contributed by atoms with van der Waals surface area (Å²) >= 11 is 0. The molecule has 1 saturated heterocycles. The Morgan fingerprint density at radius 3 is 2.72 bits per heavy atom. The first-order valence-electron chi connectivity index (χ1n) is 6.42. The van der Waals surface area contributed by atoms with Crippen molar-refractivity contribution in [3.8, 4) is 0 Å². The first-order chi connectivity index (χ1) is 8.83. The highest BCUT2D eigenvalue weighted by molar-refractivity contribution is 5.92. The van der Waals surface area contributed by atoms with Crippen LogP contribution in [-0.4, -0.2) is 48.1 Å². The summed E-state index contributed by atoms with van der Waals surface area (Å²) in [5.41, 5.74) is 1.51. The molecule has 96 valence electrons. The van der Waals surface area contributed by atoms with Crippen LogP contribution >= 0.6 is 0 Å². The molecule has 18 heavy (non-hydrogen) atoms. The number of nitrogens with zero attached hydrogens (tertiary/aromatic N) is 2. The summed E-state index contributed by atoms with van der Waals surface area (Å²) < 4.78 is 5.23. The van der Waals surface area contributed by atoms with E-state index in [4.69, 9.17) is 4.74 Å². The number of carbonyl (C=O) groups is 1. The number of nitrogens with one attached hydrogen (secondary N) is 1. The lowest BCUT2D eigenvalue weighted by Gasteiger charge is -2.26. The molecular weight excluding hydrogens is 230 g/mol. The number of hydrogen-bond acceptors (Lipinski definition) is 4. The Bertz CT molecular complexity index is 422. The van der Waals surface area contributed by atoms with Crippen LogP contribution in [0.25, 0.3) is 0 Å². The minimum Gasteiger partial charge on any atom is -0.381 e. The number of morpholine rings is 1. The Balaban J connectivity index is 1.65. The number of aromatic nitrogens is 1. The Labute approximate surface area is 106 Å². The van der Waals surface area contributed by atoms with Gasteiger partial charge in [-0.1, -0.05) is 0 Å². The summed E-state index contributed by atoms with van der Waals surface area (Å²) in [4.78, 5) is 18.2. The molecule has 1 aromatic heterocycles. The Kier molecular flexibility index (Phi) is 3.15. The third kappa shape index (κ3) is 2.61. The van der Waals surface area contributed by atoms with E-state index in [0.717, 1.165) is 5.69 Å². The van der Waals surface area contributed by atoms with E-state index in [1.54, 1.807) is 17.2 Å². The van der Waals surface area contributed by atoms with Gasteiger partial charge in [0, 0.05) is 19.1 Å². The van der Waals surface area contributed by atoms with Gasteiger partial charge in [-0.2, -0.15) is 0 Å². The van der Waals surface area contributed by atoms with Crippen molar-refractivity contribution in [1.29, 1.82) is 0 Å². The molecule has 5 heteroatoms. The van der Waals surface area contributed by atoms with Gasteiger partial charge in [-0.3, -0.25) is 4.79 Å². The van der Waals surface area contributed by atoms with Crippen LogP contribution in [-0.2, 0) is 4.74 Å². The molecule has 1 N–H and O–H groups in total. The third-order valence-corrected chi connectivity index (χ3v) is 3.23. The normalized spacial score (nSPS) is 19.7. The van der Waals surface area contributed by atoms with Crippen LogP contribution in [0.3, 0.4) is 0 Å². The van der Waals surface area contributed by atoms with Crippen molar-refractivity contribution >= 4 is 11.6 Å². The van der Waals surface area contributed by atoms with Crippen LogP contribution < -0.4 is 5.32 Å². The Morgan fingerprint density at radius 2 is 2.11 bits per heavy atom. The van der Waals surface area contributed by atoms with Gasteiger partial charge in [0.05, 0.1) is 25.1 Å². The molecule has 0 unspecified atom stereocenters. The predicted molar refractivity (Wildman–Crippen MR) is 67.6 cm³/mol. The van der Waals surface area contributed by atoms with Crippen LogP contribution in [0.4, 0.5) is 5.69 Å². The van der Waals surface area contributed by atoms with E-state index in [9.17, 15) is 4.79 Å². The zero-order chi connectivity index (χ0) is 12.4. The largest absolute Gasteiger partial charge is 0.381 e. The maximum absolute atomic E-state index is 12.1. The standard InChI is InChI=1S/C13H17N3O2/c17-13(16-5-7-18-8-6-16)12-4-3-11(9-14-12)15-10-1-2-10/h3-4,9-10,15H,1-2,5-8H2. The maximum atomic E-state index is 12.1. The number of pyridine rings is 1. The molecule has 0 atom stereocenters. The van der Waals surface area contributed by atoms with Crippen molar-refractivity contribution in [3.05, 3.63) is 24.0 Å². The zero-order valence-corrected chi connectivity index (χ0v) is 10.3. The summed E-state index contributed by atoms with van der Waals surface area (Å²) in [7, 11) is 0. The van der Waals surface area contributed by atoms with Crippen LogP contribution in [0.2, 0.25) is 0 Å². The third-order valence-electron chi connectivity index (χ3n) is 3.23. The molecule has 1 aromatic rings. The average Bonchev–Trinajstić information content (AvgIpc) is 3.24. The summed E-state index contributed by atoms with van der Waals surface area (Å²) in [6.07, 6.45) is 4.20. The first kappa shape index (κ1) is 11.5. The first-order valence-corrected chi connectivity index (χ1v) is 6.42. The molecule has 1 saturated carbocycles. The van der Waals surface area contributed by atoms with E-state index in [2.05, 4.69) is 10.3 Å². The number of carbonyl (C=O) groups excluding carboxylic acids is 1. The van der Waals surface area contributed by atoms with Gasteiger partial charge >= 0.3 is 0 Å². The summed E-state index contributed by atoms with van der Waals surface area (Å²) in [6.45, 7) is 2.55. The second-order valence-electron chi connectivity index (χ2n) is 4.76. The molecule has 2 aliphatic rings. The van der Waals surface area contributed by atoms with Crippen molar-refractivity contribution < 1.29 is 9.53 Å². The van der Waals surface area contributed by atoms with Crippen LogP contribution in [0.5, 0.6) is 0 Å². The lowest BCUT2D eigenvalue weighted by atomic mass is 10.3. The lowest BCUT2D eigenvalue weighted by molar-refractivity contribution is 0.0299. The number of ether oxygens (including phenoxy) is 1. The van der Waals surface area contributed by atoms with Gasteiger partial charge in [-0.15, -0.1) is 0 Å². The van der Waals surface area contributed by atoms with E-state index in [-0.39, 0.29) is 5.91 Å². The summed E-state index contributed by atoms with van der Waals surface area (Å²) in [5, 5.41) is 3.35. The molecule has 0 radical (unpaired) electrons. The molecule has 3 rings (SSSR count). The zero-order valence-electron chi connectivity index (χ0n) is 10.3. The van der Waals surface area contributed by atoms with Gasteiger partial charge in [0.1, 0.15) is 5.69 Å². The van der Waals surface area contributed by atoms with Gasteiger partial charge in [0.15, 0.2) is 0 Å². The predicted octanol–water partition coefficient (Wildman–Crippen LogP) is 1.13. The smallest absolute Gasteiger partial charge is 0.272 e. The fourth-order valence-electron chi connectivity index (χ4n) is 2.00. The van der Waals surface area contributed by atoms with Crippen molar-refractivity contribution in [3.63, 3.8) is 0 Å². The van der Waals surface area contributed by atoms with Gasteiger partial charge < -0.3 is 15.0 Å². The Hall–Kier alpha value is -1.62. The quantitative estimate of drug-likeness (QED) is 0.870. The van der Waals surface area contributed by atoms with Crippen molar-refractivity contribution in [2.24, 2.45) is 0 Å². The molecule has 2 heterocycles. The summed E-state index contributed by atoms with van der Waals surface area (Å²) in [6, 6.07) is 4.33. The molecular formula is C13H17N3O2. The number of amides is 1. The van der Waals surface area contributed by atoms with Gasteiger partial charge in [0.25, 0.3) is 5.91 Å². The van der Waals surface area contributed by atoms with Crippen LogP contribution in [0, 0.1) is 0 Å². The molecule has 1 amide bonds. The lowest BCUT2D eigenvalue weighted by Crippen LogP contribution is -2.41. The minimum absolute atomic E-state index is 0.00345. The van der Waals surface area contributed by atoms with E-state index in [0.29, 0.717) is 38.0 Å². The van der Waals surface area contributed by atoms with Crippen LogP contribution in [0.1, 0.15) is 23.3 Å². The van der Waals surface area contributed by atoms with E-state index >= 15 is 0 Å². The van der Waals surface area contributed by atoms with E-state index in [1.807, 2.05) is 6.07 Å². The molecule has 1 aliphatic heterocycles. The highest BCUT2D eigenvalue weighted by Gasteiger charge is 2.22. The monoisotopic (exact) mass is 247 g/mol. The maximum Gasteiger partial charge on any atom is 0.272 e. The van der Waals surface area contributed by atoms with E-state index < -0.39 is 0 Å². The average molecular weight is 247 g/mol. The van der Waals surface area contributed by atoms with E-state index in [1.165, 1.54) is 12.8 Å². The fourth-order valence-corrected chi connectivity index (χ4v) is 2.00. The number of anilines is 1. The molecule has 0 spiro atoms. The molecule has 2 fully saturated rings. The Morgan fingerprint density at radius 1 is 1.33 bits per heavy atom. The van der Waals surface area contributed by atoms with Gasteiger partial charge in [-0.25, -0.2) is 4.98 Å². The summed E-state index contributed by atoms with van der Waals surface area (Å²) in [5.74, 6) is -0.00345.